The van der Waals surface area contributed by atoms with Crippen molar-refractivity contribution in [3.63, 3.8) is 0 Å². The molecule has 1 rings (SSSR count). The van der Waals surface area contributed by atoms with Crippen molar-refractivity contribution in [2.45, 2.75) is 46.6 Å². The van der Waals surface area contributed by atoms with E-state index in [0.717, 1.165) is 17.7 Å². The fourth-order valence-corrected chi connectivity index (χ4v) is 3.01. The number of carbonyl (C=O) groups is 1. The average molecular weight is 269 g/mol. The van der Waals surface area contributed by atoms with Gasteiger partial charge >= 0.3 is 0 Å². The zero-order valence-electron chi connectivity index (χ0n) is 11.7. The number of carbonyl (C=O) groups excluding carboxylic acids is 1. The monoisotopic (exact) mass is 269 g/mol. The standard InChI is InChI=1S/C14H23NO2S/c1-5-6-12-9-13(18-11(12)4)14(17)15(7-8-16)10(2)3/h9-10,16H,5-8H2,1-4H3. The van der Waals surface area contributed by atoms with Gasteiger partial charge in [-0.2, -0.15) is 0 Å². The van der Waals surface area contributed by atoms with E-state index in [1.54, 1.807) is 16.2 Å². The fraction of sp³-hybridized carbons (Fsp3) is 0.643. The molecular weight excluding hydrogens is 246 g/mol. The molecule has 0 aliphatic carbocycles. The van der Waals surface area contributed by atoms with Gasteiger partial charge in [0, 0.05) is 17.5 Å². The summed E-state index contributed by atoms with van der Waals surface area (Å²) >= 11 is 1.56. The molecular formula is C14H23NO2S. The molecule has 1 aromatic heterocycles. The van der Waals surface area contributed by atoms with Crippen LogP contribution >= 0.6 is 11.3 Å². The Balaban J connectivity index is 2.91. The molecule has 0 fully saturated rings. The van der Waals surface area contributed by atoms with E-state index in [-0.39, 0.29) is 18.6 Å². The normalized spacial score (nSPS) is 11.0. The minimum absolute atomic E-state index is 0.0100. The first-order valence-electron chi connectivity index (χ1n) is 6.52. The van der Waals surface area contributed by atoms with Gasteiger partial charge in [-0.25, -0.2) is 0 Å². The van der Waals surface area contributed by atoms with Crippen LogP contribution in [0.2, 0.25) is 0 Å². The molecule has 0 saturated heterocycles. The topological polar surface area (TPSA) is 40.5 Å². The Morgan fingerprint density at radius 1 is 1.50 bits per heavy atom. The lowest BCUT2D eigenvalue weighted by molar-refractivity contribution is 0.0670. The third kappa shape index (κ3) is 3.56. The third-order valence-corrected chi connectivity index (χ3v) is 4.06. The van der Waals surface area contributed by atoms with Gasteiger partial charge in [-0.05, 0) is 38.8 Å². The number of hydrogen-bond acceptors (Lipinski definition) is 3. The summed E-state index contributed by atoms with van der Waals surface area (Å²) in [4.78, 5) is 16.1. The van der Waals surface area contributed by atoms with Crippen LogP contribution in [0.1, 0.15) is 47.3 Å². The summed E-state index contributed by atoms with van der Waals surface area (Å²) in [6.07, 6.45) is 2.12. The third-order valence-electron chi connectivity index (χ3n) is 2.98. The lowest BCUT2D eigenvalue weighted by Crippen LogP contribution is -2.38. The van der Waals surface area contributed by atoms with Crippen LogP contribution in [0.25, 0.3) is 0 Å². The van der Waals surface area contributed by atoms with E-state index in [4.69, 9.17) is 5.11 Å². The first-order valence-corrected chi connectivity index (χ1v) is 7.34. The summed E-state index contributed by atoms with van der Waals surface area (Å²) in [5, 5.41) is 9.03. The Kier molecular flexibility index (Phi) is 5.82. The van der Waals surface area contributed by atoms with Gasteiger partial charge in [-0.15, -0.1) is 11.3 Å². The van der Waals surface area contributed by atoms with E-state index in [1.165, 1.54) is 10.4 Å². The minimum atomic E-state index is 0.0100. The predicted octanol–water partition coefficient (Wildman–Crippen LogP) is 2.85. The highest BCUT2D eigenvalue weighted by Crippen LogP contribution is 2.24. The molecule has 102 valence electrons. The van der Waals surface area contributed by atoms with Crippen molar-refractivity contribution in [2.75, 3.05) is 13.2 Å². The number of nitrogens with zero attached hydrogens (tertiary/aromatic N) is 1. The van der Waals surface area contributed by atoms with E-state index in [2.05, 4.69) is 13.8 Å². The minimum Gasteiger partial charge on any atom is -0.395 e. The number of aliphatic hydroxyl groups is 1. The van der Waals surface area contributed by atoms with Gasteiger partial charge in [0.1, 0.15) is 0 Å². The Bertz CT molecular complexity index is 398. The van der Waals surface area contributed by atoms with Crippen molar-refractivity contribution >= 4 is 17.2 Å². The van der Waals surface area contributed by atoms with Gasteiger partial charge in [0.25, 0.3) is 5.91 Å². The molecule has 1 amide bonds. The van der Waals surface area contributed by atoms with E-state index >= 15 is 0 Å². The van der Waals surface area contributed by atoms with Crippen LogP contribution in [0.4, 0.5) is 0 Å². The van der Waals surface area contributed by atoms with E-state index < -0.39 is 0 Å². The predicted molar refractivity (Wildman–Crippen MR) is 76.3 cm³/mol. The molecule has 0 atom stereocenters. The fourth-order valence-electron chi connectivity index (χ4n) is 1.99. The molecule has 0 aromatic carbocycles. The molecule has 0 spiro atoms. The molecule has 1 heterocycles. The quantitative estimate of drug-likeness (QED) is 0.862. The highest BCUT2D eigenvalue weighted by Gasteiger charge is 2.20. The number of rotatable bonds is 6. The lowest BCUT2D eigenvalue weighted by Gasteiger charge is -2.25. The number of aliphatic hydroxyl groups excluding tert-OH is 1. The maximum atomic E-state index is 12.4. The molecule has 0 bridgehead atoms. The Morgan fingerprint density at radius 2 is 2.17 bits per heavy atom. The summed E-state index contributed by atoms with van der Waals surface area (Å²) in [6.45, 7) is 8.57. The zero-order valence-corrected chi connectivity index (χ0v) is 12.5. The Morgan fingerprint density at radius 3 is 2.67 bits per heavy atom. The maximum absolute atomic E-state index is 12.4. The van der Waals surface area contributed by atoms with Crippen molar-refractivity contribution in [3.8, 4) is 0 Å². The van der Waals surface area contributed by atoms with Crippen molar-refractivity contribution in [3.05, 3.63) is 21.4 Å². The largest absolute Gasteiger partial charge is 0.395 e. The lowest BCUT2D eigenvalue weighted by atomic mass is 10.1. The summed E-state index contributed by atoms with van der Waals surface area (Å²) in [5.74, 6) is 0.0366. The smallest absolute Gasteiger partial charge is 0.264 e. The number of hydrogen-bond donors (Lipinski definition) is 1. The van der Waals surface area contributed by atoms with Crippen molar-refractivity contribution in [1.82, 2.24) is 4.90 Å². The average Bonchev–Trinajstić information content (AvgIpc) is 2.67. The van der Waals surface area contributed by atoms with Crippen LogP contribution in [0.15, 0.2) is 6.07 Å². The first-order chi connectivity index (χ1) is 8.51. The highest BCUT2D eigenvalue weighted by molar-refractivity contribution is 7.14. The van der Waals surface area contributed by atoms with Crippen molar-refractivity contribution < 1.29 is 9.90 Å². The van der Waals surface area contributed by atoms with Crippen LogP contribution < -0.4 is 0 Å². The van der Waals surface area contributed by atoms with Gasteiger partial charge in [0.2, 0.25) is 0 Å². The van der Waals surface area contributed by atoms with Crippen molar-refractivity contribution in [1.29, 1.82) is 0 Å². The summed E-state index contributed by atoms with van der Waals surface area (Å²) in [7, 11) is 0. The number of thiophene rings is 1. The molecule has 1 aromatic rings. The summed E-state index contributed by atoms with van der Waals surface area (Å²) < 4.78 is 0. The number of amides is 1. The van der Waals surface area contributed by atoms with Crippen LogP contribution in [0, 0.1) is 6.92 Å². The van der Waals surface area contributed by atoms with Gasteiger partial charge < -0.3 is 10.0 Å². The van der Waals surface area contributed by atoms with Gasteiger partial charge in [-0.3, -0.25) is 4.79 Å². The van der Waals surface area contributed by atoms with Crippen LogP contribution in [0.3, 0.4) is 0 Å². The van der Waals surface area contributed by atoms with E-state index in [1.807, 2.05) is 19.9 Å². The molecule has 0 saturated carbocycles. The zero-order chi connectivity index (χ0) is 13.7. The maximum Gasteiger partial charge on any atom is 0.264 e. The molecule has 0 aliphatic heterocycles. The Labute approximate surface area is 113 Å². The summed E-state index contributed by atoms with van der Waals surface area (Å²) in [6, 6.07) is 2.13. The Hall–Kier alpha value is -0.870. The number of aryl methyl sites for hydroxylation is 2. The van der Waals surface area contributed by atoms with Gasteiger partial charge in [-0.1, -0.05) is 13.3 Å². The van der Waals surface area contributed by atoms with Crippen LogP contribution in [-0.2, 0) is 6.42 Å². The second kappa shape index (κ2) is 6.90. The second-order valence-electron chi connectivity index (χ2n) is 4.76. The molecule has 4 heteroatoms. The molecule has 0 radical (unpaired) electrons. The van der Waals surface area contributed by atoms with E-state index in [9.17, 15) is 4.79 Å². The molecule has 0 aliphatic rings. The first kappa shape index (κ1) is 15.2. The van der Waals surface area contributed by atoms with Gasteiger partial charge in [0.05, 0.1) is 11.5 Å². The second-order valence-corrected chi connectivity index (χ2v) is 6.01. The van der Waals surface area contributed by atoms with E-state index in [0.29, 0.717) is 6.54 Å². The van der Waals surface area contributed by atoms with Crippen LogP contribution in [0.5, 0.6) is 0 Å². The van der Waals surface area contributed by atoms with Crippen molar-refractivity contribution in [2.24, 2.45) is 0 Å². The molecule has 18 heavy (non-hydrogen) atoms. The highest BCUT2D eigenvalue weighted by atomic mass is 32.1. The molecule has 3 nitrogen and oxygen atoms in total. The van der Waals surface area contributed by atoms with Crippen LogP contribution in [-0.4, -0.2) is 35.1 Å². The SMILES string of the molecule is CCCc1cc(C(=O)N(CCO)C(C)C)sc1C. The molecule has 1 N–H and O–H groups in total. The summed E-state index contributed by atoms with van der Waals surface area (Å²) in [5.41, 5.74) is 1.28. The molecule has 0 unspecified atom stereocenters. The van der Waals surface area contributed by atoms with Gasteiger partial charge in [0.15, 0.2) is 0 Å².